The summed E-state index contributed by atoms with van der Waals surface area (Å²) in [5.41, 5.74) is -3.77. The van der Waals surface area contributed by atoms with Crippen molar-refractivity contribution in [3.8, 4) is 5.75 Å². The summed E-state index contributed by atoms with van der Waals surface area (Å²) in [5.74, 6) is -6.52. The molecule has 0 unspecified atom stereocenters. The molecule has 0 spiro atoms. The summed E-state index contributed by atoms with van der Waals surface area (Å²) in [6.45, 7) is 6.48. The molecule has 4 atom stereocenters. The van der Waals surface area contributed by atoms with Gasteiger partial charge in [-0.2, -0.15) is 17.6 Å². The number of halogens is 5. The van der Waals surface area contributed by atoms with Crippen LogP contribution in [0.3, 0.4) is 0 Å². The molecule has 3 rings (SSSR count). The van der Waals surface area contributed by atoms with Crippen LogP contribution in [0.5, 0.6) is 5.75 Å². The van der Waals surface area contributed by atoms with Gasteiger partial charge in [0.25, 0.3) is 0 Å². The number of benzene rings is 1. The topological polar surface area (TPSA) is 77.6 Å². The number of hydrogen-bond acceptors (Lipinski definition) is 5. The number of pyridine rings is 1. The van der Waals surface area contributed by atoms with Gasteiger partial charge >= 0.3 is 12.1 Å². The molecule has 2 heterocycles. The molecular formula is C24H26F5NO5. The molecule has 1 N–H and O–H groups in total. The highest BCUT2D eigenvalue weighted by atomic mass is 19.4. The first-order valence-electron chi connectivity index (χ1n) is 10.9. The maximum Gasteiger partial charge on any atom is 0.417 e. The number of methoxy groups -OCH3 is 1. The van der Waals surface area contributed by atoms with Crippen molar-refractivity contribution in [2.75, 3.05) is 13.7 Å². The molecule has 1 fully saturated rings. The first kappa shape index (κ1) is 26.7. The van der Waals surface area contributed by atoms with E-state index < -0.39 is 58.5 Å². The van der Waals surface area contributed by atoms with Crippen LogP contribution in [-0.2, 0) is 9.47 Å². The first-order chi connectivity index (χ1) is 16.2. The van der Waals surface area contributed by atoms with Crippen LogP contribution in [0.1, 0.15) is 65.7 Å². The summed E-state index contributed by atoms with van der Waals surface area (Å²) in [5, 5.41) is 0. The van der Waals surface area contributed by atoms with Crippen LogP contribution >= 0.6 is 0 Å². The average Bonchev–Trinajstić information content (AvgIpc) is 3.04. The predicted molar refractivity (Wildman–Crippen MR) is 116 cm³/mol. The van der Waals surface area contributed by atoms with Gasteiger partial charge in [-0.15, -0.1) is 0 Å². The first-order valence-corrected chi connectivity index (χ1v) is 10.9. The molecule has 0 saturated carbocycles. The smallest absolute Gasteiger partial charge is 0.417 e. The van der Waals surface area contributed by atoms with Crippen LogP contribution < -0.4 is 10.2 Å². The van der Waals surface area contributed by atoms with Gasteiger partial charge in [0.05, 0.1) is 19.4 Å². The number of aromatic nitrogens is 1. The van der Waals surface area contributed by atoms with Crippen molar-refractivity contribution in [2.24, 2.45) is 5.92 Å². The molecule has 1 aliphatic rings. The van der Waals surface area contributed by atoms with Gasteiger partial charge in [-0.25, -0.2) is 9.18 Å². The minimum atomic E-state index is -4.83. The molecule has 2 aromatic rings. The summed E-state index contributed by atoms with van der Waals surface area (Å²) >= 11 is 0. The fourth-order valence-electron chi connectivity index (χ4n) is 4.63. The molecule has 0 amide bonds. The fourth-order valence-corrected chi connectivity index (χ4v) is 4.63. The minimum absolute atomic E-state index is 0.0165. The number of esters is 1. The zero-order valence-electron chi connectivity index (χ0n) is 20.0. The number of nitrogens with one attached hydrogen (secondary N) is 1. The van der Waals surface area contributed by atoms with Crippen LogP contribution in [0.2, 0.25) is 0 Å². The third kappa shape index (κ3) is 4.19. The van der Waals surface area contributed by atoms with E-state index in [1.54, 1.807) is 6.92 Å². The largest absolute Gasteiger partial charge is 0.493 e. The van der Waals surface area contributed by atoms with Gasteiger partial charge in [-0.1, -0.05) is 13.0 Å². The summed E-state index contributed by atoms with van der Waals surface area (Å²) in [4.78, 5) is 28.2. The highest BCUT2D eigenvalue weighted by molar-refractivity contribution is 5.90. The fraction of sp³-hybridized carbons (Fsp3) is 0.500. The van der Waals surface area contributed by atoms with Crippen molar-refractivity contribution in [3.63, 3.8) is 0 Å². The number of ether oxygens (including phenoxy) is 3. The Hall–Kier alpha value is -2.95. The standard InChI is InChI=1S/C24H26F5NO5/c1-7-34-22(32)16-12(4)30-18(10(2)19(16)31)21-15(11(3)23(5,35-21)24(27,28)29)13-8-9-14(25)17(26)20(13)33-6/h8-9,11,15,21H,7H2,1-6H3,(H,30,31)/t11-,15-,21+,23+/m0/s1. The van der Waals surface area contributed by atoms with Crippen LogP contribution in [0.25, 0.3) is 0 Å². The Morgan fingerprint density at radius 1 is 1.23 bits per heavy atom. The Kier molecular flexibility index (Phi) is 7.05. The Morgan fingerprint density at radius 3 is 2.40 bits per heavy atom. The quantitative estimate of drug-likeness (QED) is 0.445. The molecule has 0 aliphatic carbocycles. The second-order valence-corrected chi connectivity index (χ2v) is 8.65. The SMILES string of the molecule is CCOC(=O)c1c(C)[nH]c([C@@H]2O[C@@](C)(C(F)(F)F)[C@@H](C)[C@H]2c2ccc(F)c(F)c2OC)c(C)c1=O. The Labute approximate surface area is 198 Å². The average molecular weight is 503 g/mol. The van der Waals surface area contributed by atoms with Crippen LogP contribution in [-0.4, -0.2) is 36.4 Å². The number of rotatable bonds is 5. The van der Waals surface area contributed by atoms with Gasteiger partial charge in [0.2, 0.25) is 5.82 Å². The van der Waals surface area contributed by atoms with E-state index in [9.17, 15) is 31.5 Å². The molecule has 6 nitrogen and oxygen atoms in total. The van der Waals surface area contributed by atoms with Crippen molar-refractivity contribution < 1.29 is 41.0 Å². The summed E-state index contributed by atoms with van der Waals surface area (Å²) in [6, 6.07) is 1.94. The number of alkyl halides is 3. The predicted octanol–water partition coefficient (Wildman–Crippen LogP) is 5.27. The normalized spacial score (nSPS) is 24.5. The lowest BCUT2D eigenvalue weighted by atomic mass is 9.76. The lowest BCUT2D eigenvalue weighted by Gasteiger charge is -2.32. The third-order valence-corrected chi connectivity index (χ3v) is 6.74. The van der Waals surface area contributed by atoms with Crippen molar-refractivity contribution >= 4 is 5.97 Å². The number of aromatic amines is 1. The van der Waals surface area contributed by atoms with E-state index in [1.165, 1.54) is 20.8 Å². The molecule has 1 saturated heterocycles. The third-order valence-electron chi connectivity index (χ3n) is 6.74. The summed E-state index contributed by atoms with van der Waals surface area (Å²) in [6.07, 6.45) is -6.27. The van der Waals surface area contributed by atoms with Crippen molar-refractivity contribution in [1.29, 1.82) is 0 Å². The van der Waals surface area contributed by atoms with E-state index in [4.69, 9.17) is 14.2 Å². The minimum Gasteiger partial charge on any atom is -0.493 e. The zero-order valence-corrected chi connectivity index (χ0v) is 20.0. The van der Waals surface area contributed by atoms with Gasteiger partial charge in [0, 0.05) is 28.7 Å². The Balaban J connectivity index is 2.30. The maximum absolute atomic E-state index is 14.5. The molecule has 192 valence electrons. The number of carbonyl (C=O) groups is 1. The van der Waals surface area contributed by atoms with E-state index in [-0.39, 0.29) is 34.7 Å². The van der Waals surface area contributed by atoms with E-state index >= 15 is 0 Å². The molecule has 35 heavy (non-hydrogen) atoms. The maximum atomic E-state index is 14.5. The Morgan fingerprint density at radius 2 is 1.86 bits per heavy atom. The zero-order chi connectivity index (χ0) is 26.5. The molecule has 1 aliphatic heterocycles. The molecule has 11 heteroatoms. The number of carbonyl (C=O) groups excluding carboxylic acids is 1. The van der Waals surface area contributed by atoms with E-state index in [2.05, 4.69) is 4.98 Å². The van der Waals surface area contributed by atoms with Crippen molar-refractivity contribution in [3.05, 3.63) is 62.1 Å². The van der Waals surface area contributed by atoms with E-state index in [1.807, 2.05) is 0 Å². The van der Waals surface area contributed by atoms with Crippen molar-refractivity contribution in [1.82, 2.24) is 4.98 Å². The number of H-pyrrole nitrogens is 1. The highest BCUT2D eigenvalue weighted by Crippen LogP contribution is 2.59. The Bertz CT molecular complexity index is 1210. The number of hydrogen-bond donors (Lipinski definition) is 1. The molecule has 0 radical (unpaired) electrons. The van der Waals surface area contributed by atoms with Crippen molar-refractivity contribution in [2.45, 2.75) is 58.4 Å². The van der Waals surface area contributed by atoms with Crippen LogP contribution in [0.4, 0.5) is 22.0 Å². The highest BCUT2D eigenvalue weighted by Gasteiger charge is 2.65. The second-order valence-electron chi connectivity index (χ2n) is 8.65. The van der Waals surface area contributed by atoms with Gasteiger partial charge in [-0.05, 0) is 33.8 Å². The van der Waals surface area contributed by atoms with Gasteiger partial charge in [0.15, 0.2) is 22.6 Å². The number of aryl methyl sites for hydroxylation is 1. The molecule has 0 bridgehead atoms. The van der Waals surface area contributed by atoms with Crippen LogP contribution in [0, 0.1) is 31.4 Å². The molecule has 1 aromatic heterocycles. The lowest BCUT2D eigenvalue weighted by Crippen LogP contribution is -2.46. The van der Waals surface area contributed by atoms with Gasteiger partial charge < -0.3 is 19.2 Å². The summed E-state index contributed by atoms with van der Waals surface area (Å²) in [7, 11) is 1.07. The summed E-state index contributed by atoms with van der Waals surface area (Å²) < 4.78 is 86.6. The lowest BCUT2D eigenvalue weighted by molar-refractivity contribution is -0.275. The van der Waals surface area contributed by atoms with Gasteiger partial charge in [-0.3, -0.25) is 4.79 Å². The van der Waals surface area contributed by atoms with Crippen LogP contribution in [0.15, 0.2) is 16.9 Å². The second kappa shape index (κ2) is 9.25. The van der Waals surface area contributed by atoms with E-state index in [0.29, 0.717) is 0 Å². The molecular weight excluding hydrogens is 477 g/mol. The monoisotopic (exact) mass is 503 g/mol. The van der Waals surface area contributed by atoms with Gasteiger partial charge in [0.1, 0.15) is 11.7 Å². The van der Waals surface area contributed by atoms with E-state index in [0.717, 1.165) is 26.2 Å². The molecule has 1 aromatic carbocycles.